The second-order valence-corrected chi connectivity index (χ2v) is 5.34. The summed E-state index contributed by atoms with van der Waals surface area (Å²) in [7, 11) is 1.74. The largest absolute Gasteiger partial charge is 0.381 e. The highest BCUT2D eigenvalue weighted by atomic mass is 16.5. The average Bonchev–Trinajstić information content (AvgIpc) is 2.43. The zero-order valence-corrected chi connectivity index (χ0v) is 12.4. The summed E-state index contributed by atoms with van der Waals surface area (Å²) in [6.45, 7) is 7.65. The summed E-state index contributed by atoms with van der Waals surface area (Å²) >= 11 is 0. The first kappa shape index (κ1) is 16.2. The molecule has 0 aliphatic carbocycles. The molecule has 19 heavy (non-hydrogen) atoms. The van der Waals surface area contributed by atoms with Crippen LogP contribution in [0.3, 0.4) is 0 Å². The highest BCUT2D eigenvalue weighted by molar-refractivity contribution is 5.14. The number of nitrogens with one attached hydrogen (secondary N) is 1. The van der Waals surface area contributed by atoms with Gasteiger partial charge in [-0.1, -0.05) is 30.3 Å². The second kappa shape index (κ2) is 9.08. The maximum atomic E-state index is 5.60. The van der Waals surface area contributed by atoms with Crippen molar-refractivity contribution in [3.63, 3.8) is 0 Å². The van der Waals surface area contributed by atoms with Crippen molar-refractivity contribution in [3.05, 3.63) is 35.9 Å². The highest BCUT2D eigenvalue weighted by Gasteiger charge is 2.15. The van der Waals surface area contributed by atoms with Crippen molar-refractivity contribution in [2.75, 3.05) is 26.9 Å². The van der Waals surface area contributed by atoms with Gasteiger partial charge in [0.1, 0.15) is 0 Å². The number of hydrogen-bond acceptors (Lipinski definition) is 3. The summed E-state index contributed by atoms with van der Waals surface area (Å²) in [5.74, 6) is 0. The molecule has 1 rings (SSSR count). The van der Waals surface area contributed by atoms with E-state index in [1.165, 1.54) is 5.56 Å². The van der Waals surface area contributed by atoms with Crippen molar-refractivity contribution in [2.24, 2.45) is 0 Å². The molecule has 0 aliphatic rings. The lowest BCUT2D eigenvalue weighted by molar-refractivity contribution is -0.00995. The Morgan fingerprint density at radius 1 is 1.11 bits per heavy atom. The summed E-state index contributed by atoms with van der Waals surface area (Å²) in [5, 5.41) is 3.42. The zero-order chi connectivity index (χ0) is 14.0. The molecule has 3 nitrogen and oxygen atoms in total. The van der Waals surface area contributed by atoms with Crippen LogP contribution < -0.4 is 5.32 Å². The van der Waals surface area contributed by atoms with E-state index >= 15 is 0 Å². The van der Waals surface area contributed by atoms with Crippen LogP contribution in [-0.2, 0) is 16.0 Å². The molecule has 1 aromatic rings. The van der Waals surface area contributed by atoms with E-state index in [2.05, 4.69) is 43.4 Å². The Hall–Kier alpha value is -0.900. The van der Waals surface area contributed by atoms with Crippen LogP contribution in [-0.4, -0.2) is 32.5 Å². The average molecular weight is 265 g/mol. The van der Waals surface area contributed by atoms with E-state index in [-0.39, 0.29) is 5.60 Å². The van der Waals surface area contributed by atoms with Crippen LogP contribution >= 0.6 is 0 Å². The number of benzene rings is 1. The maximum absolute atomic E-state index is 5.60. The molecule has 108 valence electrons. The molecule has 0 amide bonds. The molecule has 0 atom stereocenters. The molecular weight excluding hydrogens is 238 g/mol. The topological polar surface area (TPSA) is 30.5 Å². The van der Waals surface area contributed by atoms with E-state index in [9.17, 15) is 0 Å². The van der Waals surface area contributed by atoms with Gasteiger partial charge >= 0.3 is 0 Å². The third-order valence-electron chi connectivity index (χ3n) is 3.22. The molecule has 0 aromatic heterocycles. The monoisotopic (exact) mass is 265 g/mol. The first-order valence-corrected chi connectivity index (χ1v) is 7.01. The van der Waals surface area contributed by atoms with E-state index in [1.807, 2.05) is 6.07 Å². The molecule has 1 N–H and O–H groups in total. The van der Waals surface area contributed by atoms with E-state index < -0.39 is 0 Å². The lowest BCUT2D eigenvalue weighted by atomic mass is 10.1. The summed E-state index contributed by atoms with van der Waals surface area (Å²) in [5.41, 5.74) is 1.25. The first-order chi connectivity index (χ1) is 9.14. The molecule has 0 aliphatic heterocycles. The lowest BCUT2D eigenvalue weighted by Gasteiger charge is -2.22. The van der Waals surface area contributed by atoms with Crippen LogP contribution in [0.1, 0.15) is 32.3 Å². The molecule has 0 spiro atoms. The summed E-state index contributed by atoms with van der Waals surface area (Å²) < 4.78 is 10.9. The summed E-state index contributed by atoms with van der Waals surface area (Å²) in [4.78, 5) is 0. The van der Waals surface area contributed by atoms with Gasteiger partial charge in [-0.2, -0.15) is 0 Å². The van der Waals surface area contributed by atoms with Gasteiger partial charge < -0.3 is 14.8 Å². The first-order valence-electron chi connectivity index (χ1n) is 7.01. The fourth-order valence-electron chi connectivity index (χ4n) is 1.65. The van der Waals surface area contributed by atoms with Gasteiger partial charge in [-0.05, 0) is 38.8 Å². The predicted octanol–water partition coefficient (Wildman–Crippen LogP) is 3.00. The Labute approximate surface area is 117 Å². The van der Waals surface area contributed by atoms with Gasteiger partial charge in [0.05, 0.1) is 5.60 Å². The molecule has 0 heterocycles. The smallest absolute Gasteiger partial charge is 0.0644 e. The molecule has 0 saturated heterocycles. The Kier molecular flexibility index (Phi) is 7.72. The van der Waals surface area contributed by atoms with Gasteiger partial charge in [0.15, 0.2) is 0 Å². The van der Waals surface area contributed by atoms with Crippen LogP contribution in [0.15, 0.2) is 30.3 Å². The molecule has 0 fully saturated rings. The minimum absolute atomic E-state index is 0.0778. The quantitative estimate of drug-likeness (QED) is 0.660. The number of ether oxygens (including phenoxy) is 2. The molecule has 0 bridgehead atoms. The van der Waals surface area contributed by atoms with Crippen LogP contribution in [0, 0.1) is 0 Å². The Balaban J connectivity index is 1.92. The van der Waals surface area contributed by atoms with Crippen molar-refractivity contribution in [1.29, 1.82) is 0 Å². The van der Waals surface area contributed by atoms with Crippen molar-refractivity contribution in [2.45, 2.75) is 38.8 Å². The summed E-state index contributed by atoms with van der Waals surface area (Å²) in [6.07, 6.45) is 1.97. The van der Waals surface area contributed by atoms with Gasteiger partial charge in [0.2, 0.25) is 0 Å². The number of hydrogen-bond donors (Lipinski definition) is 1. The van der Waals surface area contributed by atoms with Crippen molar-refractivity contribution in [3.8, 4) is 0 Å². The van der Waals surface area contributed by atoms with Crippen LogP contribution in [0.25, 0.3) is 0 Å². The standard InChI is InChI=1S/C16H27NO2/c1-16(2,18-3)10-13-19-12-7-11-17-14-15-8-5-4-6-9-15/h4-6,8-9,17H,7,10-14H2,1-3H3. The van der Waals surface area contributed by atoms with E-state index in [0.717, 1.165) is 39.1 Å². The maximum Gasteiger partial charge on any atom is 0.0644 e. The zero-order valence-electron chi connectivity index (χ0n) is 12.4. The van der Waals surface area contributed by atoms with E-state index in [0.29, 0.717) is 0 Å². The lowest BCUT2D eigenvalue weighted by Crippen LogP contribution is -2.24. The van der Waals surface area contributed by atoms with Crippen molar-refractivity contribution < 1.29 is 9.47 Å². The third-order valence-corrected chi connectivity index (χ3v) is 3.22. The number of rotatable bonds is 10. The van der Waals surface area contributed by atoms with Crippen molar-refractivity contribution in [1.82, 2.24) is 5.32 Å². The number of methoxy groups -OCH3 is 1. The fraction of sp³-hybridized carbons (Fsp3) is 0.625. The van der Waals surface area contributed by atoms with Crippen molar-refractivity contribution >= 4 is 0 Å². The van der Waals surface area contributed by atoms with Gasteiger partial charge in [-0.25, -0.2) is 0 Å². The highest BCUT2D eigenvalue weighted by Crippen LogP contribution is 2.12. The van der Waals surface area contributed by atoms with E-state index in [1.54, 1.807) is 7.11 Å². The Morgan fingerprint density at radius 3 is 2.53 bits per heavy atom. The molecule has 0 saturated carbocycles. The summed E-state index contributed by atoms with van der Waals surface area (Å²) in [6, 6.07) is 10.4. The molecule has 0 radical (unpaired) electrons. The third kappa shape index (κ3) is 7.98. The van der Waals surface area contributed by atoms with Gasteiger partial charge in [-0.3, -0.25) is 0 Å². The van der Waals surface area contributed by atoms with Crippen LogP contribution in [0.4, 0.5) is 0 Å². The normalized spacial score (nSPS) is 11.7. The second-order valence-electron chi connectivity index (χ2n) is 5.34. The van der Waals surface area contributed by atoms with Crippen LogP contribution in [0.5, 0.6) is 0 Å². The fourth-order valence-corrected chi connectivity index (χ4v) is 1.65. The molecule has 0 unspecified atom stereocenters. The minimum Gasteiger partial charge on any atom is -0.381 e. The van der Waals surface area contributed by atoms with Gasteiger partial charge in [0, 0.05) is 26.9 Å². The Morgan fingerprint density at radius 2 is 1.84 bits per heavy atom. The van der Waals surface area contributed by atoms with Gasteiger partial charge in [0.25, 0.3) is 0 Å². The minimum atomic E-state index is -0.0778. The van der Waals surface area contributed by atoms with E-state index in [4.69, 9.17) is 9.47 Å². The molecular formula is C16H27NO2. The van der Waals surface area contributed by atoms with Crippen LogP contribution in [0.2, 0.25) is 0 Å². The Bertz CT molecular complexity index is 325. The molecule has 3 heteroatoms. The van der Waals surface area contributed by atoms with Gasteiger partial charge in [-0.15, -0.1) is 0 Å². The molecule has 1 aromatic carbocycles. The predicted molar refractivity (Wildman–Crippen MR) is 79.3 cm³/mol. The SMILES string of the molecule is COC(C)(C)CCOCCCNCc1ccccc1.